The van der Waals surface area contributed by atoms with Gasteiger partial charge in [0.2, 0.25) is 5.78 Å². The number of amides is 1. The summed E-state index contributed by atoms with van der Waals surface area (Å²) in [6.45, 7) is 0. The van der Waals surface area contributed by atoms with Gasteiger partial charge in [0.25, 0.3) is 5.91 Å². The van der Waals surface area contributed by atoms with E-state index in [2.05, 4.69) is 0 Å². The second kappa shape index (κ2) is 4.64. The average Bonchev–Trinajstić information content (AvgIpc) is 3.15. The fourth-order valence-corrected chi connectivity index (χ4v) is 2.95. The molecule has 102 valence electrons. The molecule has 2 aromatic heterocycles. The van der Waals surface area contributed by atoms with Crippen molar-refractivity contribution in [2.45, 2.75) is 6.04 Å². The Balaban J connectivity index is 2.10. The Bertz CT molecular complexity index is 685. The van der Waals surface area contributed by atoms with Crippen molar-refractivity contribution >= 4 is 23.0 Å². The highest BCUT2D eigenvalue weighted by atomic mass is 32.1. The molecule has 3 rings (SSSR count). The van der Waals surface area contributed by atoms with E-state index in [4.69, 9.17) is 4.42 Å². The van der Waals surface area contributed by atoms with E-state index in [1.54, 1.807) is 29.6 Å². The monoisotopic (exact) mass is 289 g/mol. The number of carbonyl (C=O) groups excluding carboxylic acids is 2. The summed E-state index contributed by atoms with van der Waals surface area (Å²) in [5.74, 6) is -0.986. The summed E-state index contributed by atoms with van der Waals surface area (Å²) in [6.07, 6.45) is 1.47. The van der Waals surface area contributed by atoms with Gasteiger partial charge < -0.3 is 14.4 Å². The molecule has 20 heavy (non-hydrogen) atoms. The second-order valence-electron chi connectivity index (χ2n) is 4.40. The van der Waals surface area contributed by atoms with Crippen LogP contribution in [0.5, 0.6) is 0 Å². The van der Waals surface area contributed by atoms with E-state index in [9.17, 15) is 14.7 Å². The number of aliphatic hydroxyl groups is 1. The standard InChI is InChI=1S/C14H11NO4S/c1-15-11(8-4-2-6-19-8)10(13(17)14(15)18)12(16)9-5-3-7-20-9/h2-7,11,17H,1H3. The van der Waals surface area contributed by atoms with Gasteiger partial charge in [-0.15, -0.1) is 11.3 Å². The summed E-state index contributed by atoms with van der Waals surface area (Å²) in [5.41, 5.74) is 0.0647. The van der Waals surface area contributed by atoms with E-state index in [1.165, 1.54) is 29.5 Å². The molecule has 1 unspecified atom stereocenters. The molecule has 0 bridgehead atoms. The number of carbonyl (C=O) groups is 2. The molecular weight excluding hydrogens is 278 g/mol. The molecule has 5 nitrogen and oxygen atoms in total. The first-order chi connectivity index (χ1) is 9.61. The molecule has 1 amide bonds. The van der Waals surface area contributed by atoms with E-state index in [-0.39, 0.29) is 11.4 Å². The number of nitrogens with zero attached hydrogens (tertiary/aromatic N) is 1. The van der Waals surface area contributed by atoms with Crippen molar-refractivity contribution in [2.24, 2.45) is 0 Å². The molecule has 0 saturated carbocycles. The summed E-state index contributed by atoms with van der Waals surface area (Å²) < 4.78 is 5.29. The Hall–Kier alpha value is -2.34. The zero-order valence-electron chi connectivity index (χ0n) is 10.6. The number of hydrogen-bond donors (Lipinski definition) is 1. The summed E-state index contributed by atoms with van der Waals surface area (Å²) in [5, 5.41) is 11.8. The molecule has 2 aromatic rings. The van der Waals surface area contributed by atoms with Crippen LogP contribution in [0.3, 0.4) is 0 Å². The predicted molar refractivity (Wildman–Crippen MR) is 72.5 cm³/mol. The Morgan fingerprint density at radius 2 is 2.20 bits per heavy atom. The smallest absolute Gasteiger partial charge is 0.289 e. The lowest BCUT2D eigenvalue weighted by molar-refractivity contribution is -0.128. The van der Waals surface area contributed by atoms with Crippen LogP contribution in [0.15, 0.2) is 51.7 Å². The Morgan fingerprint density at radius 3 is 2.80 bits per heavy atom. The molecular formula is C14H11NO4S. The summed E-state index contributed by atoms with van der Waals surface area (Å²) >= 11 is 1.27. The average molecular weight is 289 g/mol. The van der Waals surface area contributed by atoms with Crippen LogP contribution in [0, 0.1) is 0 Å². The van der Waals surface area contributed by atoms with Gasteiger partial charge in [-0.2, -0.15) is 0 Å². The van der Waals surface area contributed by atoms with Crippen LogP contribution in [0.25, 0.3) is 0 Å². The van der Waals surface area contributed by atoms with Gasteiger partial charge in [-0.05, 0) is 23.6 Å². The van der Waals surface area contributed by atoms with E-state index in [0.717, 1.165) is 0 Å². The zero-order chi connectivity index (χ0) is 14.3. The van der Waals surface area contributed by atoms with Crippen LogP contribution in [-0.4, -0.2) is 28.7 Å². The number of Topliss-reactive ketones (excluding diaryl/α,β-unsaturated/α-hetero) is 1. The number of rotatable bonds is 3. The van der Waals surface area contributed by atoms with Crippen molar-refractivity contribution < 1.29 is 19.1 Å². The van der Waals surface area contributed by atoms with Crippen LogP contribution in [0.2, 0.25) is 0 Å². The number of ketones is 1. The molecule has 1 aliphatic rings. The molecule has 0 aliphatic carbocycles. The number of furan rings is 1. The molecule has 1 atom stereocenters. The summed E-state index contributed by atoms with van der Waals surface area (Å²) in [4.78, 5) is 26.2. The molecule has 0 saturated heterocycles. The van der Waals surface area contributed by atoms with Gasteiger partial charge >= 0.3 is 0 Å². The van der Waals surface area contributed by atoms with Crippen molar-refractivity contribution in [3.05, 3.63) is 57.9 Å². The van der Waals surface area contributed by atoms with Crippen molar-refractivity contribution in [3.8, 4) is 0 Å². The fourth-order valence-electron chi connectivity index (χ4n) is 2.27. The van der Waals surface area contributed by atoms with Crippen LogP contribution in [0.1, 0.15) is 21.5 Å². The first-order valence-corrected chi connectivity index (χ1v) is 6.81. The maximum Gasteiger partial charge on any atom is 0.289 e. The number of thiophene rings is 1. The van der Waals surface area contributed by atoms with Crippen molar-refractivity contribution in [3.63, 3.8) is 0 Å². The van der Waals surface area contributed by atoms with Gasteiger partial charge in [0, 0.05) is 7.05 Å². The fraction of sp³-hybridized carbons (Fsp3) is 0.143. The van der Waals surface area contributed by atoms with Gasteiger partial charge in [0.1, 0.15) is 11.8 Å². The molecule has 0 radical (unpaired) electrons. The highest BCUT2D eigenvalue weighted by molar-refractivity contribution is 7.12. The van der Waals surface area contributed by atoms with Crippen molar-refractivity contribution in [1.82, 2.24) is 4.90 Å². The molecule has 0 aromatic carbocycles. The number of hydrogen-bond acceptors (Lipinski definition) is 5. The highest BCUT2D eigenvalue weighted by Gasteiger charge is 2.43. The van der Waals surface area contributed by atoms with Crippen LogP contribution in [-0.2, 0) is 4.79 Å². The topological polar surface area (TPSA) is 70.8 Å². The van der Waals surface area contributed by atoms with Crippen molar-refractivity contribution in [2.75, 3.05) is 7.05 Å². The maximum atomic E-state index is 12.5. The van der Waals surface area contributed by atoms with E-state index >= 15 is 0 Å². The quantitative estimate of drug-likeness (QED) is 0.881. The minimum absolute atomic E-state index is 0.0647. The lowest BCUT2D eigenvalue weighted by Gasteiger charge is -2.19. The van der Waals surface area contributed by atoms with E-state index in [0.29, 0.717) is 10.6 Å². The van der Waals surface area contributed by atoms with Crippen LogP contribution >= 0.6 is 11.3 Å². The molecule has 0 fully saturated rings. The lowest BCUT2D eigenvalue weighted by atomic mass is 10.0. The van der Waals surface area contributed by atoms with Crippen LogP contribution in [0.4, 0.5) is 0 Å². The maximum absolute atomic E-state index is 12.5. The molecule has 3 heterocycles. The number of aliphatic hydroxyl groups excluding tert-OH is 1. The normalized spacial score (nSPS) is 18.9. The first-order valence-electron chi connectivity index (χ1n) is 5.93. The minimum Gasteiger partial charge on any atom is -0.503 e. The first kappa shape index (κ1) is 12.7. The minimum atomic E-state index is -0.688. The predicted octanol–water partition coefficient (Wildman–Crippen LogP) is 2.55. The summed E-state index contributed by atoms with van der Waals surface area (Å²) in [6, 6.07) is 6.07. The lowest BCUT2D eigenvalue weighted by Crippen LogP contribution is -2.26. The largest absolute Gasteiger partial charge is 0.503 e. The van der Waals surface area contributed by atoms with Crippen LogP contribution < -0.4 is 0 Å². The van der Waals surface area contributed by atoms with Gasteiger partial charge in [0.15, 0.2) is 5.76 Å². The molecule has 1 aliphatic heterocycles. The molecule has 6 heteroatoms. The van der Waals surface area contributed by atoms with Crippen molar-refractivity contribution in [1.29, 1.82) is 0 Å². The highest BCUT2D eigenvalue weighted by Crippen LogP contribution is 2.38. The number of likely N-dealkylation sites (N-methyl/N-ethyl adjacent to an activating group) is 1. The Labute approximate surface area is 118 Å². The Morgan fingerprint density at radius 1 is 1.40 bits per heavy atom. The van der Waals surface area contributed by atoms with E-state index < -0.39 is 17.7 Å². The SMILES string of the molecule is CN1C(=O)C(O)=C(C(=O)c2cccs2)C1c1ccco1. The third-order valence-electron chi connectivity index (χ3n) is 3.24. The third-order valence-corrected chi connectivity index (χ3v) is 4.11. The second-order valence-corrected chi connectivity index (χ2v) is 5.35. The molecule has 1 N–H and O–H groups in total. The third kappa shape index (κ3) is 1.77. The molecule has 0 spiro atoms. The zero-order valence-corrected chi connectivity index (χ0v) is 11.4. The van der Waals surface area contributed by atoms with E-state index in [1.807, 2.05) is 0 Å². The summed E-state index contributed by atoms with van der Waals surface area (Å²) in [7, 11) is 1.53. The van der Waals surface area contributed by atoms with Gasteiger partial charge in [-0.25, -0.2) is 0 Å². The van der Waals surface area contributed by atoms with Gasteiger partial charge in [-0.3, -0.25) is 9.59 Å². The van der Waals surface area contributed by atoms with Gasteiger partial charge in [0.05, 0.1) is 16.7 Å². The Kier molecular flexibility index (Phi) is 2.94. The van der Waals surface area contributed by atoms with Gasteiger partial charge in [-0.1, -0.05) is 6.07 Å².